The Balaban J connectivity index is 1.54. The Morgan fingerprint density at radius 3 is 2.62 bits per heavy atom. The molecule has 1 N–H and O–H groups in total. The van der Waals surface area contributed by atoms with Crippen molar-refractivity contribution in [2.75, 3.05) is 38.2 Å². The highest BCUT2D eigenvalue weighted by Gasteiger charge is 2.34. The minimum absolute atomic E-state index is 0.00941. The number of hydrogen-bond donors (Lipinski definition) is 1. The number of morpholine rings is 1. The number of hydrazone groups is 1. The number of nitrogens with one attached hydrogen (secondary N) is 1. The third kappa shape index (κ3) is 4.72. The van der Waals surface area contributed by atoms with Gasteiger partial charge in [0, 0.05) is 37.0 Å². The molecule has 0 aliphatic carbocycles. The van der Waals surface area contributed by atoms with Gasteiger partial charge in [0.1, 0.15) is 0 Å². The van der Waals surface area contributed by atoms with Crippen LogP contribution in [0.15, 0.2) is 46.9 Å². The first-order valence-electron chi connectivity index (χ1n) is 9.71. The molecule has 29 heavy (non-hydrogen) atoms. The molecular weight excluding hydrogens is 388 g/mol. The summed E-state index contributed by atoms with van der Waals surface area (Å²) in [7, 11) is 0. The Morgan fingerprint density at radius 1 is 1.21 bits per heavy atom. The molecule has 8 heteroatoms. The summed E-state index contributed by atoms with van der Waals surface area (Å²) < 4.78 is 5.38. The number of nitrogens with zero attached hydrogens (tertiary/aromatic N) is 3. The fourth-order valence-electron chi connectivity index (χ4n) is 3.59. The van der Waals surface area contributed by atoms with Gasteiger partial charge in [-0.1, -0.05) is 18.2 Å². The SMILES string of the molecule is CC(=O)Nc1ccc(C2=NN(C(=O)CN3CCOCC3)[C@@H](c3cccs3)C2)cc1. The van der Waals surface area contributed by atoms with Gasteiger partial charge >= 0.3 is 0 Å². The van der Waals surface area contributed by atoms with Gasteiger partial charge < -0.3 is 10.1 Å². The number of benzene rings is 1. The van der Waals surface area contributed by atoms with Crippen LogP contribution in [-0.4, -0.2) is 60.3 Å². The van der Waals surface area contributed by atoms with Crippen molar-refractivity contribution in [3.05, 3.63) is 52.2 Å². The maximum atomic E-state index is 13.1. The van der Waals surface area contributed by atoms with Crippen LogP contribution >= 0.6 is 11.3 Å². The molecule has 1 fully saturated rings. The smallest absolute Gasteiger partial charge is 0.257 e. The molecule has 152 valence electrons. The van der Waals surface area contributed by atoms with Crippen LogP contribution in [0.2, 0.25) is 0 Å². The number of carbonyl (C=O) groups is 2. The number of amides is 2. The van der Waals surface area contributed by atoms with Crippen LogP contribution < -0.4 is 5.32 Å². The predicted molar refractivity (Wildman–Crippen MR) is 113 cm³/mol. The molecule has 2 aliphatic rings. The Bertz CT molecular complexity index is 889. The Morgan fingerprint density at radius 2 is 1.97 bits per heavy atom. The minimum Gasteiger partial charge on any atom is -0.379 e. The van der Waals surface area contributed by atoms with Gasteiger partial charge in [-0.3, -0.25) is 14.5 Å². The van der Waals surface area contributed by atoms with Gasteiger partial charge in [0.15, 0.2) is 0 Å². The molecule has 0 unspecified atom stereocenters. The Labute approximate surface area is 174 Å². The third-order valence-electron chi connectivity index (χ3n) is 5.04. The third-order valence-corrected chi connectivity index (χ3v) is 6.01. The highest BCUT2D eigenvalue weighted by molar-refractivity contribution is 7.10. The molecule has 0 spiro atoms. The van der Waals surface area contributed by atoms with Crippen LogP contribution in [0.5, 0.6) is 0 Å². The number of anilines is 1. The van der Waals surface area contributed by atoms with Crippen LogP contribution in [-0.2, 0) is 14.3 Å². The second-order valence-corrected chi connectivity index (χ2v) is 8.15. The molecule has 1 atom stereocenters. The predicted octanol–water partition coefficient (Wildman–Crippen LogP) is 2.72. The zero-order chi connectivity index (χ0) is 20.2. The second-order valence-electron chi connectivity index (χ2n) is 7.17. The lowest BCUT2D eigenvalue weighted by Crippen LogP contribution is -2.43. The number of thiophene rings is 1. The molecule has 7 nitrogen and oxygen atoms in total. The quantitative estimate of drug-likeness (QED) is 0.820. The number of carbonyl (C=O) groups excluding carboxylic acids is 2. The minimum atomic E-state index is -0.103. The molecule has 1 aromatic carbocycles. The molecule has 2 aliphatic heterocycles. The molecule has 0 radical (unpaired) electrons. The van der Waals surface area contributed by atoms with E-state index in [2.05, 4.69) is 16.3 Å². The molecule has 0 bridgehead atoms. The van der Waals surface area contributed by atoms with Gasteiger partial charge in [-0.2, -0.15) is 5.10 Å². The van der Waals surface area contributed by atoms with E-state index >= 15 is 0 Å². The molecule has 3 heterocycles. The first kappa shape index (κ1) is 19.8. The summed E-state index contributed by atoms with van der Waals surface area (Å²) in [5.41, 5.74) is 2.59. The first-order chi connectivity index (χ1) is 14.1. The van der Waals surface area contributed by atoms with E-state index in [0.29, 0.717) is 26.2 Å². The van der Waals surface area contributed by atoms with E-state index in [9.17, 15) is 9.59 Å². The van der Waals surface area contributed by atoms with Crippen molar-refractivity contribution in [3.8, 4) is 0 Å². The average molecular weight is 413 g/mol. The van der Waals surface area contributed by atoms with Crippen LogP contribution in [0.25, 0.3) is 0 Å². The summed E-state index contributed by atoms with van der Waals surface area (Å²) in [5, 5.41) is 11.2. The lowest BCUT2D eigenvalue weighted by molar-refractivity contribution is -0.135. The van der Waals surface area contributed by atoms with Crippen LogP contribution in [0, 0.1) is 0 Å². The average Bonchev–Trinajstić information content (AvgIpc) is 3.39. The van der Waals surface area contributed by atoms with Crippen LogP contribution in [0.4, 0.5) is 5.69 Å². The van der Waals surface area contributed by atoms with Crippen molar-refractivity contribution in [1.82, 2.24) is 9.91 Å². The lowest BCUT2D eigenvalue weighted by atomic mass is 10.0. The zero-order valence-electron chi connectivity index (χ0n) is 16.3. The van der Waals surface area contributed by atoms with E-state index in [4.69, 9.17) is 9.84 Å². The topological polar surface area (TPSA) is 74.2 Å². The molecule has 2 aromatic rings. The number of hydrogen-bond acceptors (Lipinski definition) is 6. The van der Waals surface area contributed by atoms with E-state index in [0.717, 1.165) is 34.9 Å². The highest BCUT2D eigenvalue weighted by atomic mass is 32.1. The van der Waals surface area contributed by atoms with Crippen molar-refractivity contribution in [1.29, 1.82) is 0 Å². The van der Waals surface area contributed by atoms with Gasteiger partial charge in [-0.25, -0.2) is 5.01 Å². The fraction of sp³-hybridized carbons (Fsp3) is 0.381. The summed E-state index contributed by atoms with van der Waals surface area (Å²) in [6.07, 6.45) is 0.675. The van der Waals surface area contributed by atoms with Gasteiger partial charge in [0.05, 0.1) is 31.5 Å². The van der Waals surface area contributed by atoms with E-state index < -0.39 is 0 Å². The number of rotatable bonds is 5. The van der Waals surface area contributed by atoms with Crippen molar-refractivity contribution in [2.24, 2.45) is 5.10 Å². The van der Waals surface area contributed by atoms with E-state index in [1.807, 2.05) is 35.7 Å². The van der Waals surface area contributed by atoms with E-state index in [1.165, 1.54) is 6.92 Å². The van der Waals surface area contributed by atoms with E-state index in [1.54, 1.807) is 16.3 Å². The molecule has 2 amide bonds. The zero-order valence-corrected chi connectivity index (χ0v) is 17.2. The van der Waals surface area contributed by atoms with Crippen molar-refractivity contribution in [3.63, 3.8) is 0 Å². The Hall–Kier alpha value is -2.55. The monoisotopic (exact) mass is 412 g/mol. The largest absolute Gasteiger partial charge is 0.379 e. The lowest BCUT2D eigenvalue weighted by Gasteiger charge is -2.28. The number of ether oxygens (including phenoxy) is 1. The molecule has 1 aromatic heterocycles. The van der Waals surface area contributed by atoms with Crippen LogP contribution in [0.1, 0.15) is 29.8 Å². The normalized spacial score (nSPS) is 19.8. The van der Waals surface area contributed by atoms with Crippen molar-refractivity contribution >= 4 is 34.6 Å². The van der Waals surface area contributed by atoms with Crippen molar-refractivity contribution < 1.29 is 14.3 Å². The summed E-state index contributed by atoms with van der Waals surface area (Å²) in [6, 6.07) is 11.6. The first-order valence-corrected chi connectivity index (χ1v) is 10.6. The molecule has 4 rings (SSSR count). The summed E-state index contributed by atoms with van der Waals surface area (Å²) in [4.78, 5) is 27.5. The van der Waals surface area contributed by atoms with Crippen LogP contribution in [0.3, 0.4) is 0 Å². The van der Waals surface area contributed by atoms with Gasteiger partial charge in [0.2, 0.25) is 5.91 Å². The molecular formula is C21H24N4O3S. The highest BCUT2D eigenvalue weighted by Crippen LogP contribution is 2.35. The molecule has 1 saturated heterocycles. The summed E-state index contributed by atoms with van der Waals surface area (Å²) in [6.45, 7) is 4.70. The van der Waals surface area contributed by atoms with Gasteiger partial charge in [0.25, 0.3) is 5.91 Å². The van der Waals surface area contributed by atoms with Crippen molar-refractivity contribution in [2.45, 2.75) is 19.4 Å². The fourth-order valence-corrected chi connectivity index (χ4v) is 4.40. The van der Waals surface area contributed by atoms with Gasteiger partial charge in [-0.15, -0.1) is 11.3 Å². The standard InChI is InChI=1S/C21H24N4O3S/c1-15(26)22-17-6-4-16(5-7-17)18-13-19(20-3-2-12-29-20)25(23-18)21(27)14-24-8-10-28-11-9-24/h2-7,12,19H,8-11,13-14H2,1H3,(H,22,26)/t19-/m1/s1. The van der Waals surface area contributed by atoms with Gasteiger partial charge in [-0.05, 0) is 29.1 Å². The summed E-state index contributed by atoms with van der Waals surface area (Å²) in [5.74, 6) is -0.0937. The van der Waals surface area contributed by atoms with E-state index in [-0.39, 0.29) is 17.9 Å². The molecule has 0 saturated carbocycles. The Kier molecular flexibility index (Phi) is 6.03. The maximum Gasteiger partial charge on any atom is 0.257 e. The maximum absolute atomic E-state index is 13.1. The summed E-state index contributed by atoms with van der Waals surface area (Å²) >= 11 is 1.65. The second kappa shape index (κ2) is 8.86.